The normalized spacial score (nSPS) is 27.8. The maximum Gasteiger partial charge on any atom is 0.315 e. The predicted molar refractivity (Wildman–Crippen MR) is 32.9 cm³/mol. The fourth-order valence-electron chi connectivity index (χ4n) is 1.58. The smallest absolute Gasteiger partial charge is 0.315 e. The van der Waals surface area contributed by atoms with Crippen molar-refractivity contribution in [3.05, 3.63) is 0 Å². The van der Waals surface area contributed by atoms with E-state index in [4.69, 9.17) is 5.73 Å². The van der Waals surface area contributed by atoms with Gasteiger partial charge in [0.1, 0.15) is 0 Å². The molecule has 0 aromatic carbocycles. The van der Waals surface area contributed by atoms with Crippen molar-refractivity contribution in [3.63, 3.8) is 0 Å². The summed E-state index contributed by atoms with van der Waals surface area (Å²) in [7, 11) is 0. The number of amides is 2. The highest BCUT2D eigenvalue weighted by molar-refractivity contribution is 5.76. The second-order valence-corrected chi connectivity index (χ2v) is 3.00. The van der Waals surface area contributed by atoms with E-state index in [0.29, 0.717) is 0 Å². The predicted octanol–water partition coefficient (Wildman–Crippen LogP) is 0.303. The van der Waals surface area contributed by atoms with Crippen molar-refractivity contribution in [1.29, 1.82) is 0 Å². The lowest BCUT2D eigenvalue weighted by Gasteiger charge is -2.24. The molecule has 2 N–H and O–H groups in total. The van der Waals surface area contributed by atoms with Crippen molar-refractivity contribution in [3.8, 4) is 0 Å². The standard InChI is InChI=1S/C6H10N2O/c7-5(9)8-4-6(8)2-1-3-6/h1-4H2,(H2,7,9). The molecule has 3 heteroatoms. The Balaban J connectivity index is 2.01. The van der Waals surface area contributed by atoms with Crippen LogP contribution < -0.4 is 5.73 Å². The van der Waals surface area contributed by atoms with E-state index in [1.165, 1.54) is 19.3 Å². The van der Waals surface area contributed by atoms with Crippen LogP contribution in [-0.4, -0.2) is 23.0 Å². The number of hydrogen-bond acceptors (Lipinski definition) is 1. The number of urea groups is 1. The minimum absolute atomic E-state index is 0.241. The summed E-state index contributed by atoms with van der Waals surface area (Å²) in [6.45, 7) is 0.919. The maximum atomic E-state index is 10.5. The van der Waals surface area contributed by atoms with Gasteiger partial charge in [0, 0.05) is 6.54 Å². The Morgan fingerprint density at radius 2 is 2.22 bits per heavy atom. The molecule has 0 atom stereocenters. The molecule has 1 aliphatic carbocycles. The van der Waals surface area contributed by atoms with E-state index in [9.17, 15) is 4.79 Å². The number of nitrogens with two attached hydrogens (primary N) is 1. The molecule has 2 rings (SSSR count). The molecule has 0 aromatic heterocycles. The topological polar surface area (TPSA) is 46.1 Å². The quantitative estimate of drug-likeness (QED) is 0.466. The van der Waals surface area contributed by atoms with Gasteiger partial charge in [-0.3, -0.25) is 0 Å². The van der Waals surface area contributed by atoms with E-state index in [1.807, 2.05) is 0 Å². The summed E-state index contributed by atoms with van der Waals surface area (Å²) in [6, 6.07) is -0.241. The van der Waals surface area contributed by atoms with Gasteiger partial charge in [0.15, 0.2) is 0 Å². The highest BCUT2D eigenvalue weighted by Crippen LogP contribution is 2.48. The molecule has 9 heavy (non-hydrogen) atoms. The number of carbonyl (C=O) groups is 1. The van der Waals surface area contributed by atoms with E-state index in [0.717, 1.165) is 6.54 Å². The molecule has 3 nitrogen and oxygen atoms in total. The minimum Gasteiger partial charge on any atom is -0.351 e. The summed E-state index contributed by atoms with van der Waals surface area (Å²) in [4.78, 5) is 12.3. The maximum absolute atomic E-state index is 10.5. The summed E-state index contributed by atoms with van der Waals surface area (Å²) in [5, 5.41) is 0. The van der Waals surface area contributed by atoms with Gasteiger partial charge in [0.25, 0.3) is 0 Å². The summed E-state index contributed by atoms with van der Waals surface area (Å²) < 4.78 is 0. The highest BCUT2D eigenvalue weighted by atomic mass is 16.2. The Bertz CT molecular complexity index is 162. The van der Waals surface area contributed by atoms with Crippen LogP contribution >= 0.6 is 0 Å². The lowest BCUT2D eigenvalue weighted by molar-refractivity contribution is 0.217. The molecule has 1 saturated carbocycles. The van der Waals surface area contributed by atoms with Crippen LogP contribution in [0.25, 0.3) is 0 Å². The molecule has 2 aliphatic rings. The van der Waals surface area contributed by atoms with Gasteiger partial charge in [0.05, 0.1) is 5.54 Å². The number of nitrogens with zero attached hydrogens (tertiary/aromatic N) is 1. The Labute approximate surface area is 53.8 Å². The van der Waals surface area contributed by atoms with Crippen LogP contribution in [0, 0.1) is 0 Å². The largest absolute Gasteiger partial charge is 0.351 e. The molecule has 2 amide bonds. The number of carbonyl (C=O) groups excluding carboxylic acids is 1. The summed E-state index contributed by atoms with van der Waals surface area (Å²) in [6.07, 6.45) is 3.62. The summed E-state index contributed by atoms with van der Waals surface area (Å²) in [5.41, 5.74) is 5.34. The third kappa shape index (κ3) is 0.491. The first-order chi connectivity index (χ1) is 4.25. The van der Waals surface area contributed by atoms with Crippen LogP contribution in [0.4, 0.5) is 4.79 Å². The molecule has 2 fully saturated rings. The second kappa shape index (κ2) is 1.23. The van der Waals surface area contributed by atoms with Gasteiger partial charge in [-0.25, -0.2) is 4.79 Å². The fourth-order valence-corrected chi connectivity index (χ4v) is 1.58. The van der Waals surface area contributed by atoms with Crippen LogP contribution in [0.1, 0.15) is 19.3 Å². The van der Waals surface area contributed by atoms with Gasteiger partial charge in [-0.2, -0.15) is 0 Å². The van der Waals surface area contributed by atoms with Crippen molar-refractivity contribution >= 4 is 6.03 Å². The first-order valence-corrected chi connectivity index (χ1v) is 3.32. The molecule has 0 radical (unpaired) electrons. The van der Waals surface area contributed by atoms with Gasteiger partial charge >= 0.3 is 6.03 Å². The summed E-state index contributed by atoms with van der Waals surface area (Å²) in [5.74, 6) is 0. The van der Waals surface area contributed by atoms with Gasteiger partial charge in [-0.05, 0) is 19.3 Å². The first-order valence-electron chi connectivity index (χ1n) is 3.32. The summed E-state index contributed by atoms with van der Waals surface area (Å²) >= 11 is 0. The van der Waals surface area contributed by atoms with E-state index in [-0.39, 0.29) is 11.6 Å². The Morgan fingerprint density at radius 1 is 1.56 bits per heavy atom. The first kappa shape index (κ1) is 5.09. The lowest BCUT2D eigenvalue weighted by atomic mass is 9.85. The lowest BCUT2D eigenvalue weighted by Crippen LogP contribution is -2.32. The van der Waals surface area contributed by atoms with Crippen LogP contribution in [0.5, 0.6) is 0 Å². The van der Waals surface area contributed by atoms with Gasteiger partial charge < -0.3 is 10.6 Å². The van der Waals surface area contributed by atoms with Crippen molar-refractivity contribution in [1.82, 2.24) is 4.90 Å². The Kier molecular flexibility index (Phi) is 0.693. The monoisotopic (exact) mass is 126 g/mol. The zero-order chi connectivity index (χ0) is 6.48. The van der Waals surface area contributed by atoms with E-state index < -0.39 is 0 Å². The molecule has 0 unspecified atom stereocenters. The van der Waals surface area contributed by atoms with Gasteiger partial charge in [-0.15, -0.1) is 0 Å². The van der Waals surface area contributed by atoms with Crippen LogP contribution in [-0.2, 0) is 0 Å². The second-order valence-electron chi connectivity index (χ2n) is 3.00. The third-order valence-corrected chi connectivity index (χ3v) is 2.47. The van der Waals surface area contributed by atoms with Crippen LogP contribution in [0.15, 0.2) is 0 Å². The van der Waals surface area contributed by atoms with E-state index in [2.05, 4.69) is 0 Å². The van der Waals surface area contributed by atoms with Crippen LogP contribution in [0.3, 0.4) is 0 Å². The minimum atomic E-state index is -0.241. The molecule has 0 bridgehead atoms. The third-order valence-electron chi connectivity index (χ3n) is 2.47. The van der Waals surface area contributed by atoms with Gasteiger partial charge in [0.2, 0.25) is 0 Å². The molecule has 1 saturated heterocycles. The van der Waals surface area contributed by atoms with Crippen molar-refractivity contribution in [2.24, 2.45) is 5.73 Å². The number of primary amides is 1. The molecule has 1 spiro atoms. The van der Waals surface area contributed by atoms with Crippen molar-refractivity contribution in [2.45, 2.75) is 24.8 Å². The SMILES string of the molecule is NC(=O)N1CC12CCC2. The van der Waals surface area contributed by atoms with E-state index in [1.54, 1.807) is 4.90 Å². The Morgan fingerprint density at radius 3 is 2.33 bits per heavy atom. The number of rotatable bonds is 0. The zero-order valence-electron chi connectivity index (χ0n) is 5.26. The van der Waals surface area contributed by atoms with E-state index >= 15 is 0 Å². The van der Waals surface area contributed by atoms with Gasteiger partial charge in [-0.1, -0.05) is 0 Å². The van der Waals surface area contributed by atoms with Crippen LogP contribution in [0.2, 0.25) is 0 Å². The fraction of sp³-hybridized carbons (Fsp3) is 0.833. The Hall–Kier alpha value is -0.730. The molecule has 50 valence electrons. The molecular formula is C6H10N2O. The molecular weight excluding hydrogens is 116 g/mol. The molecule has 0 aromatic rings. The van der Waals surface area contributed by atoms with Crippen molar-refractivity contribution in [2.75, 3.05) is 6.54 Å². The average molecular weight is 126 g/mol. The molecule has 1 heterocycles. The number of hydrogen-bond donors (Lipinski definition) is 1. The molecule has 1 aliphatic heterocycles. The average Bonchev–Trinajstić information content (AvgIpc) is 2.34. The zero-order valence-corrected chi connectivity index (χ0v) is 5.26. The highest BCUT2D eigenvalue weighted by Gasteiger charge is 2.57. The van der Waals surface area contributed by atoms with Crippen molar-refractivity contribution < 1.29 is 4.79 Å².